The first-order valence-corrected chi connectivity index (χ1v) is 7.17. The van der Waals surface area contributed by atoms with Crippen molar-refractivity contribution in [1.29, 1.82) is 0 Å². The maximum Gasteiger partial charge on any atom is 0.138 e. The quantitative estimate of drug-likeness (QED) is 0.752. The molecule has 0 spiro atoms. The largest absolute Gasteiger partial charge is 0.374 e. The number of ether oxygens (including phenoxy) is 1. The van der Waals surface area contributed by atoms with Crippen LogP contribution in [0.2, 0.25) is 0 Å². The first-order chi connectivity index (χ1) is 9.22. The molecule has 0 radical (unpaired) electrons. The summed E-state index contributed by atoms with van der Waals surface area (Å²) in [5.41, 5.74) is 2.24. The highest BCUT2D eigenvalue weighted by Gasteiger charge is 2.42. The topological polar surface area (TPSA) is 50.3 Å². The first-order valence-electron chi connectivity index (χ1n) is 7.17. The summed E-state index contributed by atoms with van der Waals surface area (Å²) in [7, 11) is 0. The van der Waals surface area contributed by atoms with Gasteiger partial charge in [0.2, 0.25) is 0 Å². The fourth-order valence-electron chi connectivity index (χ4n) is 3.74. The minimum absolute atomic E-state index is 0.425. The SMILES string of the molecule is Cc1nc(C)c2c(n1)N1C[C@@H]3CC[C@@H](N3)C1COC2. The molecule has 1 aromatic rings. The Labute approximate surface area is 113 Å². The Morgan fingerprint density at radius 3 is 3.05 bits per heavy atom. The van der Waals surface area contributed by atoms with E-state index >= 15 is 0 Å². The van der Waals surface area contributed by atoms with Crippen molar-refractivity contribution in [2.45, 2.75) is 51.4 Å². The van der Waals surface area contributed by atoms with E-state index < -0.39 is 0 Å². The molecule has 0 saturated carbocycles. The lowest BCUT2D eigenvalue weighted by Crippen LogP contribution is -2.59. The molecule has 1 unspecified atom stereocenters. The van der Waals surface area contributed by atoms with Gasteiger partial charge < -0.3 is 15.0 Å². The third kappa shape index (κ3) is 1.75. The molecule has 102 valence electrons. The van der Waals surface area contributed by atoms with Crippen molar-refractivity contribution in [3.63, 3.8) is 0 Å². The highest BCUT2D eigenvalue weighted by molar-refractivity contribution is 5.52. The molecule has 1 N–H and O–H groups in total. The maximum absolute atomic E-state index is 5.90. The van der Waals surface area contributed by atoms with Crippen LogP contribution in [-0.4, -0.2) is 41.2 Å². The van der Waals surface area contributed by atoms with E-state index in [9.17, 15) is 0 Å². The molecule has 1 aromatic heterocycles. The standard InChI is InChI=1S/C14H20N4O/c1-8-11-6-19-7-13-12-4-3-10(17-12)5-18(13)14(11)16-9(2)15-8/h10,12-13,17H,3-7H2,1-2H3/t10-,12+,13?/m0/s1. The van der Waals surface area contributed by atoms with Crippen molar-refractivity contribution in [2.75, 3.05) is 18.1 Å². The summed E-state index contributed by atoms with van der Waals surface area (Å²) in [6.45, 7) is 6.53. The second-order valence-corrected chi connectivity index (χ2v) is 5.94. The number of hydrogen-bond donors (Lipinski definition) is 1. The Kier molecular flexibility index (Phi) is 2.53. The summed E-state index contributed by atoms with van der Waals surface area (Å²) < 4.78 is 5.90. The third-order valence-electron chi connectivity index (χ3n) is 4.67. The molecule has 0 aliphatic carbocycles. The molecule has 3 atom stereocenters. The van der Waals surface area contributed by atoms with E-state index in [1.165, 1.54) is 18.4 Å². The Morgan fingerprint density at radius 1 is 1.26 bits per heavy atom. The molecule has 2 saturated heterocycles. The van der Waals surface area contributed by atoms with Gasteiger partial charge in [0.25, 0.3) is 0 Å². The molecule has 5 heteroatoms. The zero-order valence-electron chi connectivity index (χ0n) is 11.5. The normalized spacial score (nSPS) is 32.7. The molecule has 19 heavy (non-hydrogen) atoms. The Hall–Kier alpha value is -1.20. The molecule has 3 aliphatic heterocycles. The van der Waals surface area contributed by atoms with Crippen LogP contribution in [-0.2, 0) is 11.3 Å². The molecule has 4 heterocycles. The van der Waals surface area contributed by atoms with Crippen molar-refractivity contribution < 1.29 is 4.74 Å². The Balaban J connectivity index is 1.82. The van der Waals surface area contributed by atoms with Gasteiger partial charge in [-0.05, 0) is 26.7 Å². The van der Waals surface area contributed by atoms with Gasteiger partial charge in [-0.3, -0.25) is 0 Å². The van der Waals surface area contributed by atoms with Gasteiger partial charge >= 0.3 is 0 Å². The van der Waals surface area contributed by atoms with Crippen LogP contribution in [0.15, 0.2) is 0 Å². The summed E-state index contributed by atoms with van der Waals surface area (Å²) in [5, 5.41) is 3.71. The summed E-state index contributed by atoms with van der Waals surface area (Å²) in [6, 6.07) is 1.59. The zero-order chi connectivity index (χ0) is 13.0. The van der Waals surface area contributed by atoms with Crippen LogP contribution in [0.3, 0.4) is 0 Å². The van der Waals surface area contributed by atoms with Crippen LogP contribution in [0.4, 0.5) is 5.82 Å². The van der Waals surface area contributed by atoms with E-state index in [0.717, 1.165) is 30.5 Å². The van der Waals surface area contributed by atoms with Gasteiger partial charge in [0.05, 0.1) is 19.3 Å². The van der Waals surface area contributed by atoms with Crippen LogP contribution in [0.25, 0.3) is 0 Å². The Bertz CT molecular complexity index is 518. The predicted molar refractivity (Wildman–Crippen MR) is 72.2 cm³/mol. The summed E-state index contributed by atoms with van der Waals surface area (Å²) in [4.78, 5) is 11.7. The number of rotatable bonds is 0. The van der Waals surface area contributed by atoms with Gasteiger partial charge in [0, 0.05) is 29.9 Å². The van der Waals surface area contributed by atoms with Gasteiger partial charge in [0.1, 0.15) is 11.6 Å². The van der Waals surface area contributed by atoms with E-state index in [2.05, 4.69) is 22.1 Å². The number of aryl methyl sites for hydroxylation is 2. The molecule has 4 rings (SSSR count). The van der Waals surface area contributed by atoms with E-state index in [4.69, 9.17) is 9.72 Å². The van der Waals surface area contributed by atoms with Crippen molar-refractivity contribution in [3.8, 4) is 0 Å². The number of nitrogens with one attached hydrogen (secondary N) is 1. The van der Waals surface area contributed by atoms with Crippen LogP contribution < -0.4 is 10.2 Å². The predicted octanol–water partition coefficient (Wildman–Crippen LogP) is 0.933. The number of fused-ring (bicyclic) bond motifs is 6. The van der Waals surface area contributed by atoms with Gasteiger partial charge in [0.15, 0.2) is 0 Å². The van der Waals surface area contributed by atoms with Crippen molar-refractivity contribution >= 4 is 5.82 Å². The monoisotopic (exact) mass is 260 g/mol. The van der Waals surface area contributed by atoms with E-state index in [1.54, 1.807) is 0 Å². The van der Waals surface area contributed by atoms with E-state index in [1.807, 2.05) is 6.92 Å². The van der Waals surface area contributed by atoms with Crippen LogP contribution in [0.5, 0.6) is 0 Å². The second kappa shape index (κ2) is 4.15. The fraction of sp³-hybridized carbons (Fsp3) is 0.714. The lowest BCUT2D eigenvalue weighted by atomic mass is 10.1. The molecule has 2 fully saturated rings. The van der Waals surface area contributed by atoms with Crippen molar-refractivity contribution in [3.05, 3.63) is 17.1 Å². The van der Waals surface area contributed by atoms with Gasteiger partial charge in [-0.1, -0.05) is 0 Å². The summed E-state index contributed by atoms with van der Waals surface area (Å²) in [5.74, 6) is 1.98. The highest BCUT2D eigenvalue weighted by Crippen LogP contribution is 2.34. The molecule has 0 amide bonds. The molecule has 0 aromatic carbocycles. The molecule has 3 aliphatic rings. The molecule has 5 nitrogen and oxygen atoms in total. The average molecular weight is 260 g/mol. The summed E-state index contributed by atoms with van der Waals surface area (Å²) >= 11 is 0. The van der Waals surface area contributed by atoms with E-state index in [-0.39, 0.29) is 0 Å². The van der Waals surface area contributed by atoms with Crippen LogP contribution >= 0.6 is 0 Å². The van der Waals surface area contributed by atoms with Gasteiger partial charge in [-0.15, -0.1) is 0 Å². The van der Waals surface area contributed by atoms with Crippen molar-refractivity contribution in [1.82, 2.24) is 15.3 Å². The maximum atomic E-state index is 5.90. The molecular weight excluding hydrogens is 240 g/mol. The fourth-order valence-corrected chi connectivity index (χ4v) is 3.74. The molecule has 2 bridgehead atoms. The number of aromatic nitrogens is 2. The second-order valence-electron chi connectivity index (χ2n) is 5.94. The lowest BCUT2D eigenvalue weighted by Gasteiger charge is -2.40. The highest BCUT2D eigenvalue weighted by atomic mass is 16.5. The smallest absolute Gasteiger partial charge is 0.138 e. The van der Waals surface area contributed by atoms with Crippen LogP contribution in [0.1, 0.15) is 29.9 Å². The number of piperazine rings is 1. The lowest BCUT2D eigenvalue weighted by molar-refractivity contribution is 0.100. The van der Waals surface area contributed by atoms with Gasteiger partial charge in [-0.2, -0.15) is 0 Å². The summed E-state index contributed by atoms with van der Waals surface area (Å²) in [6.07, 6.45) is 2.53. The van der Waals surface area contributed by atoms with E-state index in [0.29, 0.717) is 24.7 Å². The minimum Gasteiger partial charge on any atom is -0.374 e. The number of anilines is 1. The van der Waals surface area contributed by atoms with Gasteiger partial charge in [-0.25, -0.2) is 9.97 Å². The number of hydrogen-bond acceptors (Lipinski definition) is 5. The van der Waals surface area contributed by atoms with Crippen LogP contribution in [0, 0.1) is 13.8 Å². The van der Waals surface area contributed by atoms with Crippen molar-refractivity contribution in [2.24, 2.45) is 0 Å². The minimum atomic E-state index is 0.425. The first kappa shape index (κ1) is 11.6. The average Bonchev–Trinajstić information content (AvgIpc) is 2.66. The Morgan fingerprint density at radius 2 is 2.16 bits per heavy atom. The molecular formula is C14H20N4O. The third-order valence-corrected chi connectivity index (χ3v) is 4.67. The number of nitrogens with zero attached hydrogens (tertiary/aromatic N) is 3. The zero-order valence-corrected chi connectivity index (χ0v) is 11.5.